The molecule has 0 atom stereocenters. The summed E-state index contributed by atoms with van der Waals surface area (Å²) in [5.41, 5.74) is 2.40. The highest BCUT2D eigenvalue weighted by molar-refractivity contribution is 9.10. The SMILES string of the molecule is CC(C)(C)c1ccccc1Oc1cc(Br)ccc1CBr. The lowest BCUT2D eigenvalue weighted by atomic mass is 9.86. The third-order valence-corrected chi connectivity index (χ3v) is 4.19. The molecule has 0 fully saturated rings. The number of alkyl halides is 1. The third-order valence-electron chi connectivity index (χ3n) is 3.09. The van der Waals surface area contributed by atoms with Gasteiger partial charge in [-0.3, -0.25) is 0 Å². The van der Waals surface area contributed by atoms with Crippen LogP contribution >= 0.6 is 31.9 Å². The molecule has 20 heavy (non-hydrogen) atoms. The molecule has 0 saturated carbocycles. The van der Waals surface area contributed by atoms with Gasteiger partial charge in [-0.05, 0) is 23.6 Å². The van der Waals surface area contributed by atoms with Gasteiger partial charge in [-0.1, -0.05) is 76.9 Å². The van der Waals surface area contributed by atoms with Crippen molar-refractivity contribution in [3.8, 4) is 11.5 Å². The number of rotatable bonds is 3. The van der Waals surface area contributed by atoms with Crippen LogP contribution in [0.1, 0.15) is 31.9 Å². The predicted molar refractivity (Wildman–Crippen MR) is 92.0 cm³/mol. The molecule has 106 valence electrons. The summed E-state index contributed by atoms with van der Waals surface area (Å²) in [6.07, 6.45) is 0. The lowest BCUT2D eigenvalue weighted by Gasteiger charge is -2.23. The summed E-state index contributed by atoms with van der Waals surface area (Å²) in [7, 11) is 0. The fraction of sp³-hybridized carbons (Fsp3) is 0.294. The Morgan fingerprint density at radius 2 is 1.70 bits per heavy atom. The molecule has 0 heterocycles. The molecule has 0 aliphatic rings. The largest absolute Gasteiger partial charge is 0.457 e. The Hall–Kier alpha value is -0.800. The van der Waals surface area contributed by atoms with Crippen LogP contribution in [0.2, 0.25) is 0 Å². The minimum atomic E-state index is 0.0527. The summed E-state index contributed by atoms with van der Waals surface area (Å²) in [5, 5.41) is 0.771. The predicted octanol–water partition coefficient (Wildman–Crippen LogP) is 6.43. The Kier molecular flexibility index (Phi) is 4.92. The summed E-state index contributed by atoms with van der Waals surface area (Å²) < 4.78 is 7.20. The van der Waals surface area contributed by atoms with Crippen LogP contribution < -0.4 is 4.74 Å². The first-order valence-corrected chi connectivity index (χ1v) is 8.45. The Morgan fingerprint density at radius 1 is 1.00 bits per heavy atom. The van der Waals surface area contributed by atoms with Crippen molar-refractivity contribution in [2.45, 2.75) is 31.5 Å². The van der Waals surface area contributed by atoms with Gasteiger partial charge in [0, 0.05) is 20.9 Å². The first kappa shape index (κ1) is 15.6. The fourth-order valence-electron chi connectivity index (χ4n) is 2.03. The summed E-state index contributed by atoms with van der Waals surface area (Å²) in [6.45, 7) is 6.59. The second-order valence-corrected chi connectivity index (χ2v) is 7.21. The highest BCUT2D eigenvalue weighted by Gasteiger charge is 2.19. The van der Waals surface area contributed by atoms with E-state index in [1.807, 2.05) is 24.3 Å². The van der Waals surface area contributed by atoms with Crippen LogP contribution in [0.25, 0.3) is 0 Å². The van der Waals surface area contributed by atoms with E-state index in [1.165, 1.54) is 5.56 Å². The molecular weight excluding hydrogens is 380 g/mol. The Bertz CT molecular complexity index is 600. The van der Waals surface area contributed by atoms with E-state index in [0.717, 1.165) is 26.9 Å². The maximum atomic E-state index is 6.18. The first-order chi connectivity index (χ1) is 9.41. The maximum absolute atomic E-state index is 6.18. The van der Waals surface area contributed by atoms with E-state index in [0.29, 0.717) is 0 Å². The van der Waals surface area contributed by atoms with Gasteiger partial charge in [0.05, 0.1) is 0 Å². The molecule has 2 rings (SSSR count). The topological polar surface area (TPSA) is 9.23 Å². The smallest absolute Gasteiger partial charge is 0.132 e. The summed E-state index contributed by atoms with van der Waals surface area (Å²) >= 11 is 7.01. The van der Waals surface area contributed by atoms with E-state index in [1.54, 1.807) is 0 Å². The van der Waals surface area contributed by atoms with Crippen molar-refractivity contribution < 1.29 is 4.74 Å². The van der Waals surface area contributed by atoms with Crippen LogP contribution in [0.15, 0.2) is 46.9 Å². The second kappa shape index (κ2) is 6.31. The number of ether oxygens (including phenoxy) is 1. The van der Waals surface area contributed by atoms with Crippen molar-refractivity contribution in [2.75, 3.05) is 0 Å². The van der Waals surface area contributed by atoms with E-state index < -0.39 is 0 Å². The van der Waals surface area contributed by atoms with E-state index in [-0.39, 0.29) is 5.41 Å². The van der Waals surface area contributed by atoms with Crippen LogP contribution in [0.4, 0.5) is 0 Å². The molecule has 0 N–H and O–H groups in total. The van der Waals surface area contributed by atoms with E-state index in [2.05, 4.69) is 70.8 Å². The Labute approximate surface area is 137 Å². The first-order valence-electron chi connectivity index (χ1n) is 6.53. The van der Waals surface area contributed by atoms with E-state index in [9.17, 15) is 0 Å². The molecule has 0 spiro atoms. The number of benzene rings is 2. The van der Waals surface area contributed by atoms with Crippen molar-refractivity contribution >= 4 is 31.9 Å². The van der Waals surface area contributed by atoms with Crippen molar-refractivity contribution in [3.05, 3.63) is 58.1 Å². The zero-order valence-corrected chi connectivity index (χ0v) is 15.1. The molecule has 2 aromatic rings. The minimum Gasteiger partial charge on any atom is -0.457 e. The molecule has 0 aliphatic heterocycles. The molecule has 0 bridgehead atoms. The van der Waals surface area contributed by atoms with Gasteiger partial charge in [0.2, 0.25) is 0 Å². The number of hydrogen-bond donors (Lipinski definition) is 0. The molecule has 0 aliphatic carbocycles. The highest BCUT2D eigenvalue weighted by atomic mass is 79.9. The average Bonchev–Trinajstić information content (AvgIpc) is 2.38. The lowest BCUT2D eigenvalue weighted by molar-refractivity contribution is 0.452. The highest BCUT2D eigenvalue weighted by Crippen LogP contribution is 2.36. The van der Waals surface area contributed by atoms with Crippen molar-refractivity contribution in [2.24, 2.45) is 0 Å². The van der Waals surface area contributed by atoms with Crippen LogP contribution in [0, 0.1) is 0 Å². The van der Waals surface area contributed by atoms with Crippen molar-refractivity contribution in [1.29, 1.82) is 0 Å². The van der Waals surface area contributed by atoms with Gasteiger partial charge in [0.25, 0.3) is 0 Å². The van der Waals surface area contributed by atoms with Gasteiger partial charge in [-0.2, -0.15) is 0 Å². The molecule has 0 aromatic heterocycles. The molecule has 0 saturated heterocycles. The van der Waals surface area contributed by atoms with Crippen molar-refractivity contribution in [3.63, 3.8) is 0 Å². The van der Waals surface area contributed by atoms with Gasteiger partial charge in [0.1, 0.15) is 11.5 Å². The van der Waals surface area contributed by atoms with Crippen LogP contribution in [0.5, 0.6) is 11.5 Å². The Morgan fingerprint density at radius 3 is 2.35 bits per heavy atom. The van der Waals surface area contributed by atoms with Crippen molar-refractivity contribution in [1.82, 2.24) is 0 Å². The second-order valence-electron chi connectivity index (χ2n) is 5.73. The summed E-state index contributed by atoms with van der Waals surface area (Å²) in [5.74, 6) is 1.80. The molecule has 3 heteroatoms. The zero-order chi connectivity index (χ0) is 14.8. The van der Waals surface area contributed by atoms with Crippen LogP contribution in [-0.4, -0.2) is 0 Å². The quantitative estimate of drug-likeness (QED) is 0.542. The summed E-state index contributed by atoms with van der Waals surface area (Å²) in [6, 6.07) is 14.3. The molecule has 0 amide bonds. The van der Waals surface area contributed by atoms with Gasteiger partial charge in [0.15, 0.2) is 0 Å². The average molecular weight is 398 g/mol. The van der Waals surface area contributed by atoms with E-state index >= 15 is 0 Å². The van der Waals surface area contributed by atoms with E-state index in [4.69, 9.17) is 4.74 Å². The Balaban J connectivity index is 2.43. The van der Waals surface area contributed by atoms with Gasteiger partial charge < -0.3 is 4.74 Å². The van der Waals surface area contributed by atoms with Gasteiger partial charge in [-0.25, -0.2) is 0 Å². The number of hydrogen-bond acceptors (Lipinski definition) is 1. The number of para-hydroxylation sites is 1. The summed E-state index contributed by atoms with van der Waals surface area (Å²) in [4.78, 5) is 0. The van der Waals surface area contributed by atoms with Gasteiger partial charge in [-0.15, -0.1) is 0 Å². The third kappa shape index (κ3) is 3.64. The monoisotopic (exact) mass is 396 g/mol. The molecule has 2 aromatic carbocycles. The lowest BCUT2D eigenvalue weighted by Crippen LogP contribution is -2.12. The number of halogens is 2. The normalized spacial score (nSPS) is 11.4. The van der Waals surface area contributed by atoms with Gasteiger partial charge >= 0.3 is 0 Å². The van der Waals surface area contributed by atoms with Crippen LogP contribution in [-0.2, 0) is 10.7 Å². The molecular formula is C17H18Br2O. The minimum absolute atomic E-state index is 0.0527. The standard InChI is InChI=1S/C17H18Br2O/c1-17(2,3)14-6-4-5-7-15(14)20-16-10-13(19)9-8-12(16)11-18/h4-10H,11H2,1-3H3. The fourth-order valence-corrected chi connectivity index (χ4v) is 2.83. The molecule has 0 radical (unpaired) electrons. The zero-order valence-electron chi connectivity index (χ0n) is 11.9. The van der Waals surface area contributed by atoms with Crippen LogP contribution in [0.3, 0.4) is 0 Å². The molecule has 0 unspecified atom stereocenters. The molecule has 1 nitrogen and oxygen atoms in total. The maximum Gasteiger partial charge on any atom is 0.132 e.